The molecule has 0 atom stereocenters. The summed E-state index contributed by atoms with van der Waals surface area (Å²) in [6, 6.07) is 0. The molecule has 0 unspecified atom stereocenters. The van der Waals surface area contributed by atoms with Crippen LogP contribution in [-0.2, 0) is 4.84 Å². The summed E-state index contributed by atoms with van der Waals surface area (Å²) in [5.74, 6) is 0. The van der Waals surface area contributed by atoms with E-state index in [1.807, 2.05) is 0 Å². The topological polar surface area (TPSA) is 50.7 Å². The smallest absolute Gasteiger partial charge is 0.298 e. The molecular weight excluding hydrogens is 327 g/mol. The Morgan fingerprint density at radius 3 is 1.43 bits per heavy atom. The van der Waals surface area contributed by atoms with Gasteiger partial charge in [0.2, 0.25) is 0 Å². The van der Waals surface area contributed by atoms with Crippen LogP contribution in [0.4, 0.5) is 44.3 Å². The zero-order valence-electron chi connectivity index (χ0n) is 10.2. The molecule has 0 spiro atoms. The van der Waals surface area contributed by atoms with Gasteiger partial charge in [-0.1, -0.05) is 5.16 Å². The quantitative estimate of drug-likeness (QED) is 0.363. The molecule has 21 heavy (non-hydrogen) atoms. The van der Waals surface area contributed by atoms with Crippen molar-refractivity contribution in [1.82, 2.24) is 5.32 Å². The standard InChI is InChI=1S/C8H7F9N2O2/c1-3(2)19-21-4(20)18-5(6(9,10)11,7(12,13)14)8(15,16)17/h1-2H3,(H,18,20). The predicted octanol–water partition coefficient (Wildman–Crippen LogP) is 3.53. The van der Waals surface area contributed by atoms with Crippen molar-refractivity contribution < 1.29 is 49.1 Å². The van der Waals surface area contributed by atoms with E-state index >= 15 is 0 Å². The van der Waals surface area contributed by atoms with Crippen LogP contribution >= 0.6 is 0 Å². The molecular formula is C8H7F9N2O2. The van der Waals surface area contributed by atoms with E-state index in [2.05, 4.69) is 9.99 Å². The van der Waals surface area contributed by atoms with Crippen LogP contribution in [0.5, 0.6) is 0 Å². The monoisotopic (exact) mass is 334 g/mol. The maximum absolute atomic E-state index is 12.4. The molecule has 0 bridgehead atoms. The first kappa shape index (κ1) is 19.3. The van der Waals surface area contributed by atoms with E-state index in [4.69, 9.17) is 0 Å². The Kier molecular flexibility index (Phi) is 5.15. The number of amides is 1. The summed E-state index contributed by atoms with van der Waals surface area (Å²) >= 11 is 0. The van der Waals surface area contributed by atoms with E-state index in [0.717, 1.165) is 13.8 Å². The van der Waals surface area contributed by atoms with Crippen molar-refractivity contribution in [3.05, 3.63) is 0 Å². The Balaban J connectivity index is 5.85. The fourth-order valence-electron chi connectivity index (χ4n) is 1.00. The Morgan fingerprint density at radius 1 is 0.857 bits per heavy atom. The third kappa shape index (κ3) is 3.91. The molecule has 1 amide bonds. The second kappa shape index (κ2) is 5.60. The highest BCUT2D eigenvalue weighted by Crippen LogP contribution is 2.52. The Bertz CT molecular complexity index is 381. The van der Waals surface area contributed by atoms with E-state index < -0.39 is 30.2 Å². The minimum atomic E-state index is -6.91. The largest absolute Gasteiger partial charge is 0.434 e. The fourth-order valence-corrected chi connectivity index (χ4v) is 1.00. The fraction of sp³-hybridized carbons (Fsp3) is 0.750. The van der Waals surface area contributed by atoms with Crippen molar-refractivity contribution in [1.29, 1.82) is 0 Å². The number of halogens is 9. The Morgan fingerprint density at radius 2 is 1.19 bits per heavy atom. The van der Waals surface area contributed by atoms with Crippen LogP contribution in [0.15, 0.2) is 5.16 Å². The lowest BCUT2D eigenvalue weighted by Gasteiger charge is -2.38. The van der Waals surface area contributed by atoms with E-state index in [9.17, 15) is 44.3 Å². The van der Waals surface area contributed by atoms with E-state index in [1.54, 1.807) is 0 Å². The molecule has 0 heterocycles. The summed E-state index contributed by atoms with van der Waals surface area (Å²) in [6.07, 6.45) is -23.4. The highest BCUT2D eigenvalue weighted by Gasteiger charge is 2.85. The molecule has 0 aromatic rings. The molecule has 13 heteroatoms. The van der Waals surface area contributed by atoms with Crippen molar-refractivity contribution in [2.75, 3.05) is 0 Å². The molecule has 0 aliphatic carbocycles. The number of hydrogen-bond acceptors (Lipinski definition) is 3. The average Bonchev–Trinajstić information content (AvgIpc) is 2.17. The summed E-state index contributed by atoms with van der Waals surface area (Å²) in [7, 11) is 0. The van der Waals surface area contributed by atoms with Gasteiger partial charge in [-0.05, 0) is 13.8 Å². The van der Waals surface area contributed by atoms with Gasteiger partial charge in [0.05, 0.1) is 5.71 Å². The molecule has 0 rings (SSSR count). The number of nitrogens with one attached hydrogen (secondary N) is 1. The zero-order valence-corrected chi connectivity index (χ0v) is 10.2. The van der Waals surface area contributed by atoms with Gasteiger partial charge in [0.25, 0.3) is 0 Å². The summed E-state index contributed by atoms with van der Waals surface area (Å²) in [5.41, 5.74) is -6.61. The van der Waals surface area contributed by atoms with E-state index in [1.165, 1.54) is 0 Å². The minimum absolute atomic E-state index is 0.137. The minimum Gasteiger partial charge on any atom is -0.298 e. The number of rotatable bonds is 2. The highest BCUT2D eigenvalue weighted by molar-refractivity contribution is 5.79. The molecule has 0 aliphatic rings. The summed E-state index contributed by atoms with van der Waals surface area (Å²) < 4.78 is 111. The molecule has 0 aromatic heterocycles. The molecule has 0 aromatic carbocycles. The summed E-state index contributed by atoms with van der Waals surface area (Å²) in [6.45, 7) is 2.25. The van der Waals surface area contributed by atoms with Crippen molar-refractivity contribution in [2.45, 2.75) is 37.9 Å². The van der Waals surface area contributed by atoms with Crippen LogP contribution in [0.2, 0.25) is 0 Å². The Hall–Kier alpha value is -1.69. The summed E-state index contributed by atoms with van der Waals surface area (Å²) in [5, 5.41) is 2.42. The van der Waals surface area contributed by atoms with Crippen LogP contribution in [0, 0.1) is 0 Å². The first-order valence-electron chi connectivity index (χ1n) is 4.77. The molecule has 124 valence electrons. The first-order valence-corrected chi connectivity index (χ1v) is 4.77. The van der Waals surface area contributed by atoms with Crippen molar-refractivity contribution in [2.24, 2.45) is 5.16 Å². The van der Waals surface area contributed by atoms with Gasteiger partial charge in [0.15, 0.2) is 0 Å². The lowest BCUT2D eigenvalue weighted by atomic mass is 9.97. The van der Waals surface area contributed by atoms with Crippen LogP contribution in [-0.4, -0.2) is 35.9 Å². The lowest BCUT2D eigenvalue weighted by Crippen LogP contribution is -2.75. The zero-order chi connectivity index (χ0) is 17.3. The van der Waals surface area contributed by atoms with Gasteiger partial charge in [-0.15, -0.1) is 0 Å². The number of hydrogen-bond donors (Lipinski definition) is 1. The Labute approximate surface area is 110 Å². The third-order valence-electron chi connectivity index (χ3n) is 1.88. The van der Waals surface area contributed by atoms with Gasteiger partial charge in [0.1, 0.15) is 0 Å². The van der Waals surface area contributed by atoms with Crippen LogP contribution in [0.1, 0.15) is 13.8 Å². The second-order valence-electron chi connectivity index (χ2n) is 3.79. The van der Waals surface area contributed by atoms with Crippen LogP contribution in [0.25, 0.3) is 0 Å². The number of nitrogens with zero attached hydrogens (tertiary/aromatic N) is 1. The number of carbonyl (C=O) groups excluding carboxylic acids is 1. The van der Waals surface area contributed by atoms with Gasteiger partial charge >= 0.3 is 30.2 Å². The molecule has 0 fully saturated rings. The van der Waals surface area contributed by atoms with E-state index in [0.29, 0.717) is 0 Å². The molecule has 0 radical (unpaired) electrons. The van der Waals surface area contributed by atoms with Crippen molar-refractivity contribution >= 4 is 11.8 Å². The highest BCUT2D eigenvalue weighted by atomic mass is 19.4. The number of alkyl halides is 9. The van der Waals surface area contributed by atoms with Gasteiger partial charge < -0.3 is 0 Å². The van der Waals surface area contributed by atoms with Crippen molar-refractivity contribution in [3.8, 4) is 0 Å². The van der Waals surface area contributed by atoms with Gasteiger partial charge in [0, 0.05) is 0 Å². The van der Waals surface area contributed by atoms with E-state index in [-0.39, 0.29) is 11.0 Å². The van der Waals surface area contributed by atoms with Gasteiger partial charge in [-0.3, -0.25) is 10.2 Å². The molecule has 0 saturated carbocycles. The van der Waals surface area contributed by atoms with Gasteiger partial charge in [-0.25, -0.2) is 4.79 Å². The summed E-state index contributed by atoms with van der Waals surface area (Å²) in [4.78, 5) is 14.2. The van der Waals surface area contributed by atoms with Crippen molar-refractivity contribution in [3.63, 3.8) is 0 Å². The molecule has 1 N–H and O–H groups in total. The molecule has 0 aliphatic heterocycles. The maximum Gasteiger partial charge on any atom is 0.434 e. The molecule has 4 nitrogen and oxygen atoms in total. The number of oxime groups is 1. The van der Waals surface area contributed by atoms with Crippen LogP contribution in [0.3, 0.4) is 0 Å². The number of carbonyl (C=O) groups is 1. The van der Waals surface area contributed by atoms with Gasteiger partial charge in [-0.2, -0.15) is 39.5 Å². The average molecular weight is 334 g/mol. The third-order valence-corrected chi connectivity index (χ3v) is 1.88. The second-order valence-corrected chi connectivity index (χ2v) is 3.79. The first-order chi connectivity index (χ1) is 9.06. The van der Waals surface area contributed by atoms with Crippen LogP contribution < -0.4 is 5.32 Å². The molecule has 0 saturated heterocycles. The lowest BCUT2D eigenvalue weighted by molar-refractivity contribution is -0.387. The maximum atomic E-state index is 12.4. The SMILES string of the molecule is CC(C)=NOC(=O)NC(C(F)(F)F)(C(F)(F)F)C(F)(F)F. The predicted molar refractivity (Wildman–Crippen MR) is 49.3 cm³/mol. The normalized spacial score (nSPS) is 13.7.